The van der Waals surface area contributed by atoms with Crippen molar-refractivity contribution >= 4 is 27.0 Å². The topological polar surface area (TPSA) is 26.0 Å². The summed E-state index contributed by atoms with van der Waals surface area (Å²) >= 11 is 3.59. The molecule has 0 aliphatic carbocycles. The Hall–Kier alpha value is -0.830. The average Bonchev–Trinajstić information content (AvgIpc) is 2.54. The first-order valence-corrected chi connectivity index (χ1v) is 6.62. The molecule has 0 aliphatic rings. The summed E-state index contributed by atoms with van der Waals surface area (Å²) in [6.45, 7) is 10.7. The summed E-state index contributed by atoms with van der Waals surface area (Å²) in [6.07, 6.45) is 0.859. The van der Waals surface area contributed by atoms with Crippen molar-refractivity contribution in [3.8, 4) is 0 Å². The Labute approximate surface area is 111 Å². The molecule has 0 radical (unpaired) electrons. The largest absolute Gasteiger partial charge is 0.441 e. The zero-order valence-electron chi connectivity index (χ0n) is 11.0. The van der Waals surface area contributed by atoms with E-state index in [1.54, 1.807) is 0 Å². The van der Waals surface area contributed by atoms with Gasteiger partial charge in [0.25, 0.3) is 0 Å². The van der Waals surface area contributed by atoms with Gasteiger partial charge in [-0.25, -0.2) is 4.98 Å². The first-order valence-electron chi connectivity index (χ1n) is 5.83. The summed E-state index contributed by atoms with van der Waals surface area (Å²) in [5.41, 5.74) is 4.41. The molecule has 0 saturated carbocycles. The molecule has 1 aromatic heterocycles. The van der Waals surface area contributed by atoms with E-state index < -0.39 is 0 Å². The highest BCUT2D eigenvalue weighted by molar-refractivity contribution is 9.10. The third-order valence-corrected chi connectivity index (χ3v) is 3.98. The fourth-order valence-corrected chi connectivity index (χ4v) is 2.24. The molecular formula is C14H18BrNO. The Kier molecular flexibility index (Phi) is 3.06. The van der Waals surface area contributed by atoms with Crippen molar-refractivity contribution in [3.63, 3.8) is 0 Å². The van der Waals surface area contributed by atoms with Crippen molar-refractivity contribution in [2.75, 3.05) is 0 Å². The van der Waals surface area contributed by atoms with Crippen molar-refractivity contribution in [1.29, 1.82) is 0 Å². The molecule has 0 saturated heterocycles. The van der Waals surface area contributed by atoms with Crippen molar-refractivity contribution < 1.29 is 4.42 Å². The van der Waals surface area contributed by atoms with Crippen LogP contribution in [0, 0.1) is 19.3 Å². The van der Waals surface area contributed by atoms with Gasteiger partial charge in [-0.1, -0.05) is 36.7 Å². The molecule has 1 aromatic carbocycles. The Balaban J connectivity index is 2.55. The van der Waals surface area contributed by atoms with Gasteiger partial charge in [-0.2, -0.15) is 0 Å². The molecule has 0 amide bonds. The summed E-state index contributed by atoms with van der Waals surface area (Å²) in [5, 5.41) is 0. The fraction of sp³-hybridized carbons (Fsp3) is 0.500. The molecule has 3 heteroatoms. The predicted octanol–water partition coefficient (Wildman–Crippen LogP) is 4.80. The standard InChI is InChI=1S/C14H18BrNO/c1-8-6-10-13(9(2)12(8)15)16-11(17-10)7-14(3,4)5/h6H,7H2,1-5H3. The number of benzene rings is 1. The first-order chi connectivity index (χ1) is 7.78. The zero-order chi connectivity index (χ0) is 12.8. The number of aryl methyl sites for hydroxylation is 2. The van der Waals surface area contributed by atoms with Crippen molar-refractivity contribution in [3.05, 3.63) is 27.6 Å². The minimum absolute atomic E-state index is 0.195. The number of fused-ring (bicyclic) bond motifs is 1. The molecule has 2 rings (SSSR count). The Morgan fingerprint density at radius 3 is 2.53 bits per heavy atom. The highest BCUT2D eigenvalue weighted by atomic mass is 79.9. The molecule has 0 atom stereocenters. The number of hydrogen-bond donors (Lipinski definition) is 0. The highest BCUT2D eigenvalue weighted by Crippen LogP contribution is 2.31. The summed E-state index contributed by atoms with van der Waals surface area (Å²) in [7, 11) is 0. The van der Waals surface area contributed by atoms with Crippen LogP contribution < -0.4 is 0 Å². The van der Waals surface area contributed by atoms with Crippen LogP contribution in [0.2, 0.25) is 0 Å². The summed E-state index contributed by atoms with van der Waals surface area (Å²) < 4.78 is 6.95. The monoisotopic (exact) mass is 295 g/mol. The van der Waals surface area contributed by atoms with Crippen LogP contribution >= 0.6 is 15.9 Å². The van der Waals surface area contributed by atoms with E-state index in [9.17, 15) is 0 Å². The minimum atomic E-state index is 0.195. The van der Waals surface area contributed by atoms with E-state index in [1.165, 1.54) is 5.56 Å². The van der Waals surface area contributed by atoms with E-state index in [4.69, 9.17) is 4.42 Å². The van der Waals surface area contributed by atoms with Gasteiger partial charge < -0.3 is 4.42 Å². The van der Waals surface area contributed by atoms with Gasteiger partial charge in [-0.3, -0.25) is 0 Å². The third kappa shape index (κ3) is 2.54. The quantitative estimate of drug-likeness (QED) is 0.755. The second kappa shape index (κ2) is 4.13. The molecule has 0 unspecified atom stereocenters. The van der Waals surface area contributed by atoms with Gasteiger partial charge in [0.05, 0.1) is 0 Å². The SMILES string of the molecule is Cc1cc2oc(CC(C)(C)C)nc2c(C)c1Br. The molecule has 0 bridgehead atoms. The maximum atomic E-state index is 5.83. The minimum Gasteiger partial charge on any atom is -0.441 e. The van der Waals surface area contributed by atoms with Gasteiger partial charge in [-0.05, 0) is 36.5 Å². The number of aromatic nitrogens is 1. The molecule has 92 valence electrons. The number of nitrogens with zero attached hydrogens (tertiary/aromatic N) is 1. The molecule has 0 aliphatic heterocycles. The zero-order valence-corrected chi connectivity index (χ0v) is 12.6. The Bertz CT molecular complexity index is 564. The molecule has 2 aromatic rings. The lowest BCUT2D eigenvalue weighted by atomic mass is 9.92. The van der Waals surface area contributed by atoms with Crippen LogP contribution in [-0.4, -0.2) is 4.98 Å². The van der Waals surface area contributed by atoms with Crippen LogP contribution in [0.25, 0.3) is 11.1 Å². The van der Waals surface area contributed by atoms with Gasteiger partial charge in [0.15, 0.2) is 11.5 Å². The second-order valence-electron chi connectivity index (χ2n) is 5.82. The van der Waals surface area contributed by atoms with E-state index in [-0.39, 0.29) is 5.41 Å². The van der Waals surface area contributed by atoms with E-state index in [0.29, 0.717) is 0 Å². The highest BCUT2D eigenvalue weighted by Gasteiger charge is 2.18. The van der Waals surface area contributed by atoms with Gasteiger partial charge in [0, 0.05) is 10.9 Å². The fourth-order valence-electron chi connectivity index (χ4n) is 1.93. The molecule has 17 heavy (non-hydrogen) atoms. The normalized spacial score (nSPS) is 12.4. The Morgan fingerprint density at radius 1 is 1.29 bits per heavy atom. The molecular weight excluding hydrogens is 278 g/mol. The summed E-state index contributed by atoms with van der Waals surface area (Å²) in [4.78, 5) is 4.60. The van der Waals surface area contributed by atoms with Crippen molar-refractivity contribution in [2.24, 2.45) is 5.41 Å². The maximum absolute atomic E-state index is 5.83. The van der Waals surface area contributed by atoms with E-state index in [0.717, 1.165) is 33.4 Å². The van der Waals surface area contributed by atoms with Crippen LogP contribution in [0.1, 0.15) is 37.8 Å². The van der Waals surface area contributed by atoms with Crippen LogP contribution in [0.3, 0.4) is 0 Å². The van der Waals surface area contributed by atoms with Crippen LogP contribution in [0.4, 0.5) is 0 Å². The van der Waals surface area contributed by atoms with E-state index in [1.807, 2.05) is 6.07 Å². The summed E-state index contributed by atoms with van der Waals surface area (Å²) in [5.74, 6) is 0.827. The van der Waals surface area contributed by atoms with E-state index in [2.05, 4.69) is 55.5 Å². The second-order valence-corrected chi connectivity index (χ2v) is 6.62. The summed E-state index contributed by atoms with van der Waals surface area (Å²) in [6, 6.07) is 2.05. The van der Waals surface area contributed by atoms with Crippen LogP contribution in [-0.2, 0) is 6.42 Å². The lowest BCUT2D eigenvalue weighted by Gasteiger charge is -2.14. The predicted molar refractivity (Wildman–Crippen MR) is 74.3 cm³/mol. The molecule has 0 N–H and O–H groups in total. The lowest BCUT2D eigenvalue weighted by molar-refractivity contribution is 0.362. The number of hydrogen-bond acceptors (Lipinski definition) is 2. The molecule has 2 nitrogen and oxygen atoms in total. The smallest absolute Gasteiger partial charge is 0.196 e. The van der Waals surface area contributed by atoms with Gasteiger partial charge in [0.2, 0.25) is 0 Å². The van der Waals surface area contributed by atoms with Crippen molar-refractivity contribution in [1.82, 2.24) is 4.98 Å². The average molecular weight is 296 g/mol. The first kappa shape index (κ1) is 12.6. The molecule has 1 heterocycles. The maximum Gasteiger partial charge on any atom is 0.196 e. The molecule has 0 fully saturated rings. The van der Waals surface area contributed by atoms with Gasteiger partial charge in [-0.15, -0.1) is 0 Å². The number of oxazole rings is 1. The van der Waals surface area contributed by atoms with Crippen LogP contribution in [0.15, 0.2) is 15.0 Å². The number of halogens is 1. The van der Waals surface area contributed by atoms with Crippen LogP contribution in [0.5, 0.6) is 0 Å². The lowest BCUT2D eigenvalue weighted by Crippen LogP contribution is -2.09. The van der Waals surface area contributed by atoms with Crippen molar-refractivity contribution in [2.45, 2.75) is 41.0 Å². The Morgan fingerprint density at radius 2 is 1.94 bits per heavy atom. The van der Waals surface area contributed by atoms with Gasteiger partial charge >= 0.3 is 0 Å². The number of rotatable bonds is 1. The van der Waals surface area contributed by atoms with Gasteiger partial charge in [0.1, 0.15) is 5.52 Å². The van der Waals surface area contributed by atoms with E-state index >= 15 is 0 Å². The molecule has 0 spiro atoms. The third-order valence-electron chi connectivity index (χ3n) is 2.76.